The van der Waals surface area contributed by atoms with Crippen molar-refractivity contribution in [2.24, 2.45) is 0 Å². The van der Waals surface area contributed by atoms with E-state index in [0.717, 1.165) is 6.07 Å². The number of esters is 1. The van der Waals surface area contributed by atoms with Gasteiger partial charge in [-0.1, -0.05) is 0 Å². The molecule has 1 rings (SSSR count). The molecule has 0 spiro atoms. The van der Waals surface area contributed by atoms with E-state index in [-0.39, 0.29) is 29.9 Å². The molecular weight excluding hydrogens is 256 g/mol. The summed E-state index contributed by atoms with van der Waals surface area (Å²) in [5, 5.41) is 8.94. The highest BCUT2D eigenvalue weighted by atomic mass is 19.3. The van der Waals surface area contributed by atoms with Gasteiger partial charge in [0.05, 0.1) is 37.3 Å². The van der Waals surface area contributed by atoms with Crippen LogP contribution >= 0.6 is 0 Å². The highest BCUT2D eigenvalue weighted by molar-refractivity contribution is 5.74. The fraction of sp³-hybridized carbons (Fsp3) is 0.385. The van der Waals surface area contributed by atoms with Crippen LogP contribution in [-0.4, -0.2) is 19.7 Å². The minimum atomic E-state index is -2.75. The first kappa shape index (κ1) is 14.9. The molecule has 0 aliphatic carbocycles. The molecule has 4 nitrogen and oxygen atoms in total. The molecule has 19 heavy (non-hydrogen) atoms. The summed E-state index contributed by atoms with van der Waals surface area (Å²) in [7, 11) is 1.25. The van der Waals surface area contributed by atoms with E-state index < -0.39 is 12.4 Å². The molecule has 0 amide bonds. The van der Waals surface area contributed by atoms with Gasteiger partial charge in [0.25, 0.3) is 6.43 Å². The lowest BCUT2D eigenvalue weighted by Crippen LogP contribution is -2.09. The standard InChI is InChI=1S/C13H13F2NO3/c1-3-19-12(17)6-8-5-11(18-2)10(13(14)15)4-9(8)7-16/h4-5,13H,3,6H2,1-2H3. The number of hydrogen-bond acceptors (Lipinski definition) is 4. The van der Waals surface area contributed by atoms with Crippen LogP contribution < -0.4 is 4.74 Å². The molecule has 0 bridgehead atoms. The quantitative estimate of drug-likeness (QED) is 0.771. The molecule has 0 radical (unpaired) electrons. The van der Waals surface area contributed by atoms with Crippen molar-refractivity contribution in [1.82, 2.24) is 0 Å². The van der Waals surface area contributed by atoms with Gasteiger partial charge in [0.1, 0.15) is 5.75 Å². The number of methoxy groups -OCH3 is 1. The molecule has 102 valence electrons. The van der Waals surface area contributed by atoms with Crippen molar-refractivity contribution in [2.75, 3.05) is 13.7 Å². The Labute approximate surface area is 109 Å². The molecule has 1 aromatic rings. The zero-order valence-electron chi connectivity index (χ0n) is 10.6. The van der Waals surface area contributed by atoms with Crippen LogP contribution in [0.5, 0.6) is 5.75 Å². The number of alkyl halides is 2. The Bertz CT molecular complexity index is 509. The van der Waals surface area contributed by atoms with E-state index in [1.165, 1.54) is 13.2 Å². The van der Waals surface area contributed by atoms with Crippen molar-refractivity contribution in [3.63, 3.8) is 0 Å². The van der Waals surface area contributed by atoms with E-state index in [1.807, 2.05) is 0 Å². The molecule has 0 aliphatic heterocycles. The van der Waals surface area contributed by atoms with E-state index >= 15 is 0 Å². The van der Waals surface area contributed by atoms with Gasteiger partial charge in [-0.2, -0.15) is 5.26 Å². The number of nitrogens with zero attached hydrogens (tertiary/aromatic N) is 1. The monoisotopic (exact) mass is 269 g/mol. The Kier molecular flexibility index (Phi) is 5.24. The Balaban J connectivity index is 3.18. The summed E-state index contributed by atoms with van der Waals surface area (Å²) in [6, 6.07) is 4.11. The van der Waals surface area contributed by atoms with E-state index in [2.05, 4.69) is 0 Å². The van der Waals surface area contributed by atoms with Crippen LogP contribution in [0.2, 0.25) is 0 Å². The number of rotatable bonds is 5. The molecular formula is C13H13F2NO3. The van der Waals surface area contributed by atoms with Crippen LogP contribution in [0.1, 0.15) is 30.0 Å². The summed E-state index contributed by atoms with van der Waals surface area (Å²) in [4.78, 5) is 11.4. The molecule has 0 fully saturated rings. The fourth-order valence-electron chi connectivity index (χ4n) is 1.60. The Morgan fingerprint density at radius 3 is 2.63 bits per heavy atom. The second kappa shape index (κ2) is 6.69. The first-order valence-electron chi connectivity index (χ1n) is 5.58. The van der Waals surface area contributed by atoms with Crippen LogP contribution in [-0.2, 0) is 16.0 Å². The summed E-state index contributed by atoms with van der Waals surface area (Å²) >= 11 is 0. The van der Waals surface area contributed by atoms with Crippen molar-refractivity contribution in [3.8, 4) is 11.8 Å². The molecule has 0 N–H and O–H groups in total. The van der Waals surface area contributed by atoms with Gasteiger partial charge in [-0.05, 0) is 24.6 Å². The normalized spacial score (nSPS) is 10.1. The van der Waals surface area contributed by atoms with Crippen LogP contribution in [0.25, 0.3) is 0 Å². The van der Waals surface area contributed by atoms with Gasteiger partial charge < -0.3 is 9.47 Å². The maximum absolute atomic E-state index is 12.8. The summed E-state index contributed by atoms with van der Waals surface area (Å²) in [5.74, 6) is -0.570. The molecule has 0 saturated heterocycles. The van der Waals surface area contributed by atoms with Crippen molar-refractivity contribution in [3.05, 3.63) is 28.8 Å². The largest absolute Gasteiger partial charge is 0.496 e. The van der Waals surface area contributed by atoms with E-state index in [1.54, 1.807) is 13.0 Å². The third-order valence-electron chi connectivity index (χ3n) is 2.45. The number of benzene rings is 1. The topological polar surface area (TPSA) is 59.3 Å². The number of halogens is 2. The lowest BCUT2D eigenvalue weighted by Gasteiger charge is -2.11. The maximum atomic E-state index is 12.8. The number of hydrogen-bond donors (Lipinski definition) is 0. The van der Waals surface area contributed by atoms with Gasteiger partial charge in [0.15, 0.2) is 0 Å². The zero-order chi connectivity index (χ0) is 14.4. The molecule has 1 aromatic carbocycles. The number of nitriles is 1. The molecule has 0 heterocycles. The smallest absolute Gasteiger partial charge is 0.310 e. The first-order chi connectivity index (χ1) is 9.03. The molecule has 6 heteroatoms. The highest BCUT2D eigenvalue weighted by Crippen LogP contribution is 2.31. The van der Waals surface area contributed by atoms with Crippen molar-refractivity contribution in [2.45, 2.75) is 19.8 Å². The average Bonchev–Trinajstić information content (AvgIpc) is 2.38. The third kappa shape index (κ3) is 3.65. The third-order valence-corrected chi connectivity index (χ3v) is 2.45. The lowest BCUT2D eigenvalue weighted by molar-refractivity contribution is -0.142. The summed E-state index contributed by atoms with van der Waals surface area (Å²) in [5.41, 5.74) is -0.0435. The predicted octanol–water partition coefficient (Wildman–Crippen LogP) is 2.61. The van der Waals surface area contributed by atoms with Crippen LogP contribution in [0.15, 0.2) is 12.1 Å². The number of carbonyl (C=O) groups excluding carboxylic acids is 1. The van der Waals surface area contributed by atoms with Gasteiger partial charge in [-0.25, -0.2) is 8.78 Å². The Morgan fingerprint density at radius 1 is 1.47 bits per heavy atom. The predicted molar refractivity (Wildman–Crippen MR) is 63.0 cm³/mol. The summed E-state index contributed by atoms with van der Waals surface area (Å²) in [6.07, 6.45) is -2.91. The SMILES string of the molecule is CCOC(=O)Cc1cc(OC)c(C(F)F)cc1C#N. The molecule has 0 aliphatic rings. The number of carbonyl (C=O) groups is 1. The average molecular weight is 269 g/mol. The van der Waals surface area contributed by atoms with Crippen molar-refractivity contribution >= 4 is 5.97 Å². The zero-order valence-corrected chi connectivity index (χ0v) is 10.6. The van der Waals surface area contributed by atoms with Crippen LogP contribution in [0.4, 0.5) is 8.78 Å². The maximum Gasteiger partial charge on any atom is 0.310 e. The van der Waals surface area contributed by atoms with Crippen LogP contribution in [0.3, 0.4) is 0 Å². The van der Waals surface area contributed by atoms with E-state index in [0.29, 0.717) is 5.56 Å². The minimum Gasteiger partial charge on any atom is -0.496 e. The minimum absolute atomic E-state index is 0.0177. The lowest BCUT2D eigenvalue weighted by atomic mass is 10.0. The summed E-state index contributed by atoms with van der Waals surface area (Å²) < 4.78 is 35.1. The first-order valence-corrected chi connectivity index (χ1v) is 5.58. The highest BCUT2D eigenvalue weighted by Gasteiger charge is 2.19. The molecule has 0 unspecified atom stereocenters. The van der Waals surface area contributed by atoms with Gasteiger partial charge >= 0.3 is 5.97 Å². The van der Waals surface area contributed by atoms with Crippen molar-refractivity contribution in [1.29, 1.82) is 5.26 Å². The van der Waals surface area contributed by atoms with Crippen LogP contribution in [0, 0.1) is 11.3 Å². The second-order valence-corrected chi connectivity index (χ2v) is 3.65. The van der Waals surface area contributed by atoms with E-state index in [4.69, 9.17) is 14.7 Å². The van der Waals surface area contributed by atoms with Gasteiger partial charge in [-0.3, -0.25) is 4.79 Å². The Hall–Kier alpha value is -2.16. The fourth-order valence-corrected chi connectivity index (χ4v) is 1.60. The van der Waals surface area contributed by atoms with Gasteiger partial charge in [0.2, 0.25) is 0 Å². The Morgan fingerprint density at radius 2 is 2.16 bits per heavy atom. The van der Waals surface area contributed by atoms with Crippen molar-refractivity contribution < 1.29 is 23.0 Å². The molecule has 0 aromatic heterocycles. The molecule has 0 atom stereocenters. The molecule has 0 saturated carbocycles. The second-order valence-electron chi connectivity index (χ2n) is 3.65. The van der Waals surface area contributed by atoms with Gasteiger partial charge in [-0.15, -0.1) is 0 Å². The number of ether oxygens (including phenoxy) is 2. The summed E-state index contributed by atoms with van der Waals surface area (Å²) in [6.45, 7) is 1.87. The van der Waals surface area contributed by atoms with Gasteiger partial charge in [0, 0.05) is 0 Å². The van der Waals surface area contributed by atoms with E-state index in [9.17, 15) is 13.6 Å².